The molecule has 17 heavy (non-hydrogen) atoms. The Bertz CT molecular complexity index is 305. The van der Waals surface area contributed by atoms with E-state index in [4.69, 9.17) is 0 Å². The summed E-state index contributed by atoms with van der Waals surface area (Å²) >= 11 is 0. The van der Waals surface area contributed by atoms with E-state index in [1.54, 1.807) is 0 Å². The van der Waals surface area contributed by atoms with Gasteiger partial charge in [-0.25, -0.2) is 0 Å². The summed E-state index contributed by atoms with van der Waals surface area (Å²) in [6.45, 7) is 4.40. The van der Waals surface area contributed by atoms with Gasteiger partial charge in [0, 0.05) is 0 Å². The minimum absolute atomic E-state index is 1.22. The second kappa shape index (κ2) is 9.04. The molecule has 1 aromatic carbocycles. The first kappa shape index (κ1) is 14.0. The highest BCUT2D eigenvalue weighted by Crippen LogP contribution is 2.09. The Hall–Kier alpha value is -1.04. The molecule has 0 heterocycles. The summed E-state index contributed by atoms with van der Waals surface area (Å²) in [6.07, 6.45) is 14.1. The molecule has 0 fully saturated rings. The lowest BCUT2D eigenvalue weighted by atomic mass is 10.1. The van der Waals surface area contributed by atoms with Crippen LogP contribution in [0, 0.1) is 6.92 Å². The molecule has 0 saturated carbocycles. The fraction of sp³-hybridized carbons (Fsp3) is 0.529. The molecule has 0 bridgehead atoms. The van der Waals surface area contributed by atoms with Crippen LogP contribution in [0.3, 0.4) is 0 Å². The third kappa shape index (κ3) is 6.99. The van der Waals surface area contributed by atoms with Gasteiger partial charge >= 0.3 is 0 Å². The van der Waals surface area contributed by atoms with Crippen molar-refractivity contribution in [1.82, 2.24) is 0 Å². The van der Waals surface area contributed by atoms with Gasteiger partial charge in [0.1, 0.15) is 0 Å². The number of unbranched alkanes of at least 4 members (excludes halogenated alkanes) is 6. The Labute approximate surface area is 107 Å². The van der Waals surface area contributed by atoms with Crippen LogP contribution in [0.1, 0.15) is 63.0 Å². The van der Waals surface area contributed by atoms with Crippen molar-refractivity contribution in [1.29, 1.82) is 0 Å². The van der Waals surface area contributed by atoms with Crippen LogP contribution >= 0.6 is 0 Å². The first-order valence-electron chi connectivity index (χ1n) is 7.06. The Kier molecular flexibility index (Phi) is 7.46. The molecule has 0 radical (unpaired) electrons. The minimum atomic E-state index is 1.22. The smallest absolute Gasteiger partial charge is 0.0260 e. The quantitative estimate of drug-likeness (QED) is 0.498. The largest absolute Gasteiger partial charge is 0.0839 e. The van der Waals surface area contributed by atoms with Gasteiger partial charge in [-0.1, -0.05) is 81.0 Å². The van der Waals surface area contributed by atoms with Gasteiger partial charge in [0.15, 0.2) is 0 Å². The van der Waals surface area contributed by atoms with Crippen LogP contribution < -0.4 is 0 Å². The molecule has 0 nitrogen and oxygen atoms in total. The van der Waals surface area contributed by atoms with E-state index in [0.717, 1.165) is 0 Å². The van der Waals surface area contributed by atoms with Gasteiger partial charge in [-0.3, -0.25) is 0 Å². The first-order chi connectivity index (χ1) is 8.33. The predicted octanol–water partition coefficient (Wildman–Crippen LogP) is 5.76. The summed E-state index contributed by atoms with van der Waals surface area (Å²) in [5.41, 5.74) is 2.65. The van der Waals surface area contributed by atoms with Crippen molar-refractivity contribution in [3.8, 4) is 0 Å². The molecule has 1 aromatic rings. The minimum Gasteiger partial charge on any atom is -0.0839 e. The Morgan fingerprint density at radius 2 is 1.53 bits per heavy atom. The van der Waals surface area contributed by atoms with E-state index in [0.29, 0.717) is 0 Å². The summed E-state index contributed by atoms with van der Waals surface area (Å²) in [6, 6.07) is 8.72. The monoisotopic (exact) mass is 230 g/mol. The lowest BCUT2D eigenvalue weighted by Crippen LogP contribution is -1.78. The second-order valence-corrected chi connectivity index (χ2v) is 4.87. The number of allylic oxidation sites excluding steroid dienone is 1. The summed E-state index contributed by atoms with van der Waals surface area (Å²) in [7, 11) is 0. The van der Waals surface area contributed by atoms with Crippen LogP contribution in [0.25, 0.3) is 6.08 Å². The van der Waals surface area contributed by atoms with Crippen molar-refractivity contribution in [3.63, 3.8) is 0 Å². The zero-order chi connectivity index (χ0) is 12.3. The van der Waals surface area contributed by atoms with Crippen molar-refractivity contribution >= 4 is 6.08 Å². The topological polar surface area (TPSA) is 0 Å². The third-order valence-electron chi connectivity index (χ3n) is 3.11. The molecule has 0 aromatic heterocycles. The maximum Gasteiger partial charge on any atom is -0.0260 e. The van der Waals surface area contributed by atoms with Crippen molar-refractivity contribution < 1.29 is 0 Å². The molecule has 0 aliphatic heterocycles. The van der Waals surface area contributed by atoms with E-state index in [-0.39, 0.29) is 0 Å². The number of rotatable bonds is 8. The van der Waals surface area contributed by atoms with Crippen LogP contribution in [0.15, 0.2) is 30.3 Å². The molecule has 0 atom stereocenters. The maximum atomic E-state index is 2.31. The standard InChI is InChI=1S/C17H26/c1-3-4-5-6-7-8-9-10-11-17-14-12-16(2)13-15-17/h10-15H,3-9H2,1-2H3/b11-10+. The summed E-state index contributed by atoms with van der Waals surface area (Å²) in [4.78, 5) is 0. The van der Waals surface area contributed by atoms with Crippen molar-refractivity contribution in [2.24, 2.45) is 0 Å². The Morgan fingerprint density at radius 3 is 2.24 bits per heavy atom. The van der Waals surface area contributed by atoms with Crippen LogP contribution in [0.5, 0.6) is 0 Å². The number of benzene rings is 1. The van der Waals surface area contributed by atoms with E-state index >= 15 is 0 Å². The second-order valence-electron chi connectivity index (χ2n) is 4.87. The first-order valence-corrected chi connectivity index (χ1v) is 7.06. The van der Waals surface area contributed by atoms with Crippen molar-refractivity contribution in [2.75, 3.05) is 0 Å². The molecule has 94 valence electrons. The van der Waals surface area contributed by atoms with Gasteiger partial charge in [0.25, 0.3) is 0 Å². The van der Waals surface area contributed by atoms with E-state index in [1.807, 2.05) is 0 Å². The van der Waals surface area contributed by atoms with Crippen molar-refractivity contribution in [2.45, 2.75) is 58.8 Å². The summed E-state index contributed by atoms with van der Waals surface area (Å²) in [5.74, 6) is 0. The maximum absolute atomic E-state index is 2.31. The summed E-state index contributed by atoms with van der Waals surface area (Å²) in [5, 5.41) is 0. The molecule has 0 heteroatoms. The molecule has 0 spiro atoms. The van der Waals surface area contributed by atoms with Crippen LogP contribution in [-0.4, -0.2) is 0 Å². The SMILES string of the molecule is CCCCCCCC/C=C/c1ccc(C)cc1. The molecule has 0 unspecified atom stereocenters. The molecule has 0 N–H and O–H groups in total. The zero-order valence-electron chi connectivity index (χ0n) is 11.4. The molecule has 0 amide bonds. The van der Waals surface area contributed by atoms with E-state index in [1.165, 1.54) is 56.1 Å². The third-order valence-corrected chi connectivity index (χ3v) is 3.11. The average molecular weight is 230 g/mol. The van der Waals surface area contributed by atoms with Crippen LogP contribution in [0.2, 0.25) is 0 Å². The highest BCUT2D eigenvalue weighted by molar-refractivity contribution is 5.49. The highest BCUT2D eigenvalue weighted by Gasteiger charge is 1.89. The lowest BCUT2D eigenvalue weighted by Gasteiger charge is -1.98. The van der Waals surface area contributed by atoms with Gasteiger partial charge in [-0.15, -0.1) is 0 Å². The lowest BCUT2D eigenvalue weighted by molar-refractivity contribution is 0.611. The molecule has 0 aliphatic rings. The normalized spacial score (nSPS) is 11.2. The molecule has 1 rings (SSSR count). The fourth-order valence-corrected chi connectivity index (χ4v) is 1.94. The van der Waals surface area contributed by atoms with E-state index in [9.17, 15) is 0 Å². The van der Waals surface area contributed by atoms with Crippen molar-refractivity contribution in [3.05, 3.63) is 41.5 Å². The van der Waals surface area contributed by atoms with Gasteiger partial charge in [0.2, 0.25) is 0 Å². The highest BCUT2D eigenvalue weighted by atomic mass is 14.0. The van der Waals surface area contributed by atoms with Crippen LogP contribution in [0.4, 0.5) is 0 Å². The van der Waals surface area contributed by atoms with E-state index < -0.39 is 0 Å². The fourth-order valence-electron chi connectivity index (χ4n) is 1.94. The number of hydrogen-bond donors (Lipinski definition) is 0. The molecular weight excluding hydrogens is 204 g/mol. The van der Waals surface area contributed by atoms with E-state index in [2.05, 4.69) is 50.3 Å². The number of hydrogen-bond acceptors (Lipinski definition) is 0. The molecule has 0 saturated heterocycles. The van der Waals surface area contributed by atoms with Crippen LogP contribution in [-0.2, 0) is 0 Å². The zero-order valence-corrected chi connectivity index (χ0v) is 11.4. The molecular formula is C17H26. The molecule has 0 aliphatic carbocycles. The predicted molar refractivity (Wildman–Crippen MR) is 78.2 cm³/mol. The summed E-state index contributed by atoms with van der Waals surface area (Å²) < 4.78 is 0. The van der Waals surface area contributed by atoms with Gasteiger partial charge in [-0.2, -0.15) is 0 Å². The van der Waals surface area contributed by atoms with Gasteiger partial charge in [0.05, 0.1) is 0 Å². The number of aryl methyl sites for hydroxylation is 1. The average Bonchev–Trinajstić information content (AvgIpc) is 2.35. The van der Waals surface area contributed by atoms with Gasteiger partial charge in [-0.05, 0) is 25.3 Å². The Morgan fingerprint density at radius 1 is 0.882 bits per heavy atom. The Balaban J connectivity index is 2.08. The van der Waals surface area contributed by atoms with Gasteiger partial charge < -0.3 is 0 Å².